The molecule has 0 spiro atoms. The first-order valence-electron chi connectivity index (χ1n) is 12.2. The van der Waals surface area contributed by atoms with Crippen LogP contribution in [0, 0.1) is 0 Å². The van der Waals surface area contributed by atoms with Crippen LogP contribution >= 0.6 is 11.3 Å². The zero-order valence-electron chi connectivity index (χ0n) is 20.9. The van der Waals surface area contributed by atoms with Crippen LogP contribution in [0.4, 0.5) is 10.5 Å². The quantitative estimate of drug-likeness (QED) is 0.428. The van der Waals surface area contributed by atoms with Crippen molar-refractivity contribution >= 4 is 29.0 Å². The number of amides is 3. The summed E-state index contributed by atoms with van der Waals surface area (Å²) in [6, 6.07) is 7.50. The minimum Gasteiger partial charge on any atom is -0.497 e. The van der Waals surface area contributed by atoms with Gasteiger partial charge in [-0.1, -0.05) is 6.42 Å². The maximum Gasteiger partial charge on any atom is 0.322 e. The van der Waals surface area contributed by atoms with E-state index in [4.69, 9.17) is 9.47 Å². The Morgan fingerprint density at radius 1 is 1.23 bits per heavy atom. The highest BCUT2D eigenvalue weighted by molar-refractivity contribution is 7.09. The van der Waals surface area contributed by atoms with E-state index in [-0.39, 0.29) is 18.5 Å². The molecule has 1 aliphatic heterocycles. The number of methoxy groups -OCH3 is 2. The topological polar surface area (TPSA) is 96.0 Å². The van der Waals surface area contributed by atoms with Crippen molar-refractivity contribution < 1.29 is 19.1 Å². The van der Waals surface area contributed by atoms with E-state index in [0.29, 0.717) is 47.9 Å². The molecule has 3 amide bonds. The average Bonchev–Trinajstić information content (AvgIpc) is 3.34. The predicted molar refractivity (Wildman–Crippen MR) is 138 cm³/mol. The third-order valence-electron chi connectivity index (χ3n) is 6.15. The number of piperidine rings is 1. The van der Waals surface area contributed by atoms with Crippen LogP contribution in [0.5, 0.6) is 5.75 Å². The van der Waals surface area contributed by atoms with Crippen molar-refractivity contribution in [2.24, 2.45) is 0 Å². The molecule has 1 saturated heterocycles. The number of carbonyl (C=O) groups excluding carboxylic acids is 2. The third-order valence-corrected chi connectivity index (χ3v) is 6.99. The van der Waals surface area contributed by atoms with E-state index in [1.807, 2.05) is 0 Å². The lowest BCUT2D eigenvalue weighted by molar-refractivity contribution is 0.0944. The van der Waals surface area contributed by atoms with Crippen molar-refractivity contribution in [1.82, 2.24) is 20.1 Å². The van der Waals surface area contributed by atoms with Crippen LogP contribution in [0.1, 0.15) is 48.1 Å². The predicted octanol–water partition coefficient (Wildman–Crippen LogP) is 3.83. The zero-order valence-corrected chi connectivity index (χ0v) is 21.7. The lowest BCUT2D eigenvalue weighted by atomic mass is 10.0. The molecule has 9 nitrogen and oxygen atoms in total. The Bertz CT molecular complexity index is 936. The van der Waals surface area contributed by atoms with E-state index in [1.54, 1.807) is 48.8 Å². The zero-order chi connectivity index (χ0) is 25.0. The first-order valence-corrected chi connectivity index (χ1v) is 13.0. The second-order valence-electron chi connectivity index (χ2n) is 8.69. The van der Waals surface area contributed by atoms with Crippen LogP contribution in [0.2, 0.25) is 0 Å². The molecule has 2 heterocycles. The monoisotopic (exact) mass is 503 g/mol. The molecule has 35 heavy (non-hydrogen) atoms. The number of hydrogen-bond donors (Lipinski definition) is 2. The lowest BCUT2D eigenvalue weighted by Crippen LogP contribution is -2.39. The number of rotatable bonds is 12. The second kappa shape index (κ2) is 14.0. The van der Waals surface area contributed by atoms with E-state index in [1.165, 1.54) is 30.6 Å². The number of aromatic nitrogens is 1. The van der Waals surface area contributed by atoms with Crippen molar-refractivity contribution in [2.75, 3.05) is 52.3 Å². The maximum atomic E-state index is 12.9. The van der Waals surface area contributed by atoms with Crippen molar-refractivity contribution in [3.63, 3.8) is 0 Å². The van der Waals surface area contributed by atoms with E-state index in [0.717, 1.165) is 19.5 Å². The molecular weight excluding hydrogens is 466 g/mol. The van der Waals surface area contributed by atoms with Crippen molar-refractivity contribution in [3.8, 4) is 5.75 Å². The molecule has 0 aliphatic carbocycles. The summed E-state index contributed by atoms with van der Waals surface area (Å²) in [6.07, 6.45) is 4.75. The van der Waals surface area contributed by atoms with Crippen LogP contribution in [-0.4, -0.2) is 79.8 Å². The number of ether oxygens (including phenoxy) is 2. The molecule has 1 fully saturated rings. The van der Waals surface area contributed by atoms with Gasteiger partial charge in [0.1, 0.15) is 16.5 Å². The maximum absolute atomic E-state index is 12.9. The van der Waals surface area contributed by atoms with Gasteiger partial charge in [-0.2, -0.15) is 0 Å². The number of nitrogens with zero attached hydrogens (tertiary/aromatic N) is 3. The minimum absolute atomic E-state index is 0.176. The van der Waals surface area contributed by atoms with Crippen molar-refractivity contribution in [1.29, 1.82) is 0 Å². The van der Waals surface area contributed by atoms with E-state index < -0.39 is 0 Å². The molecule has 2 N–H and O–H groups in total. The molecule has 192 valence electrons. The van der Waals surface area contributed by atoms with Crippen LogP contribution in [0.25, 0.3) is 0 Å². The molecule has 0 radical (unpaired) electrons. The highest BCUT2D eigenvalue weighted by Crippen LogP contribution is 2.18. The van der Waals surface area contributed by atoms with Gasteiger partial charge in [0.05, 0.1) is 20.3 Å². The molecule has 3 rings (SSSR count). The van der Waals surface area contributed by atoms with Crippen molar-refractivity contribution in [3.05, 3.63) is 40.3 Å². The summed E-state index contributed by atoms with van der Waals surface area (Å²) in [7, 11) is 3.19. The molecule has 0 bridgehead atoms. The van der Waals surface area contributed by atoms with Crippen LogP contribution in [0.3, 0.4) is 0 Å². The average molecular weight is 504 g/mol. The molecular formula is C25H37N5O4S. The van der Waals surface area contributed by atoms with Crippen LogP contribution < -0.4 is 15.4 Å². The number of carbonyl (C=O) groups is 2. The van der Waals surface area contributed by atoms with E-state index in [9.17, 15) is 9.59 Å². The fourth-order valence-electron chi connectivity index (χ4n) is 4.05. The molecule has 1 aliphatic rings. The van der Waals surface area contributed by atoms with Crippen LogP contribution in [0.15, 0.2) is 29.6 Å². The molecule has 0 saturated carbocycles. The van der Waals surface area contributed by atoms with Gasteiger partial charge in [-0.05, 0) is 57.0 Å². The standard InChI is InChI=1S/C25H37N5O4S/c1-19-7-4-5-13-29(19)14-6-12-26-24(31)22-18-35-23(28-22)17-30(15-16-33-2)25(32)27-20-8-10-21(34-3)11-9-20/h8-11,18-19H,4-7,12-17H2,1-3H3,(H,26,31)(H,27,32). The Morgan fingerprint density at radius 3 is 2.74 bits per heavy atom. The van der Waals surface area contributed by atoms with E-state index >= 15 is 0 Å². The number of benzene rings is 1. The van der Waals surface area contributed by atoms with Gasteiger partial charge in [-0.25, -0.2) is 9.78 Å². The SMILES string of the molecule is COCCN(Cc1nc(C(=O)NCCCN2CCCCC2C)cs1)C(=O)Nc1ccc(OC)cc1. The lowest BCUT2D eigenvalue weighted by Gasteiger charge is -2.33. The van der Waals surface area contributed by atoms with Gasteiger partial charge in [-0.3, -0.25) is 4.79 Å². The summed E-state index contributed by atoms with van der Waals surface area (Å²) in [5, 5.41) is 8.30. The number of nitrogens with one attached hydrogen (secondary N) is 2. The number of anilines is 1. The van der Waals surface area contributed by atoms with Crippen LogP contribution in [-0.2, 0) is 11.3 Å². The number of thiazole rings is 1. The molecule has 1 atom stereocenters. The Kier molecular flexibility index (Phi) is 10.8. The fourth-order valence-corrected chi connectivity index (χ4v) is 4.84. The first-order chi connectivity index (χ1) is 17.0. The normalized spacial score (nSPS) is 16.0. The Labute approximate surface area is 211 Å². The Balaban J connectivity index is 1.49. The molecule has 10 heteroatoms. The highest BCUT2D eigenvalue weighted by Gasteiger charge is 2.19. The third kappa shape index (κ3) is 8.48. The summed E-state index contributed by atoms with van der Waals surface area (Å²) >= 11 is 1.37. The number of hydrogen-bond acceptors (Lipinski definition) is 7. The second-order valence-corrected chi connectivity index (χ2v) is 9.63. The first kappa shape index (κ1) is 26.9. The van der Waals surface area contributed by atoms with E-state index in [2.05, 4.69) is 27.4 Å². The summed E-state index contributed by atoms with van der Waals surface area (Å²) < 4.78 is 10.3. The molecule has 1 aromatic carbocycles. The van der Waals surface area contributed by atoms with Gasteiger partial charge < -0.3 is 29.9 Å². The molecule has 1 aromatic heterocycles. The summed E-state index contributed by atoms with van der Waals surface area (Å²) in [6.45, 7) is 6.13. The molecule has 2 aromatic rings. The summed E-state index contributed by atoms with van der Waals surface area (Å²) in [5.74, 6) is 0.541. The molecule has 1 unspecified atom stereocenters. The van der Waals surface area contributed by atoms with Gasteiger partial charge in [0, 0.05) is 43.9 Å². The minimum atomic E-state index is -0.264. The largest absolute Gasteiger partial charge is 0.497 e. The number of urea groups is 1. The summed E-state index contributed by atoms with van der Waals surface area (Å²) in [5.41, 5.74) is 1.05. The van der Waals surface area contributed by atoms with Gasteiger partial charge in [0.25, 0.3) is 5.91 Å². The highest BCUT2D eigenvalue weighted by atomic mass is 32.1. The fraction of sp³-hybridized carbons (Fsp3) is 0.560. The number of likely N-dealkylation sites (tertiary alicyclic amines) is 1. The Hall–Kier alpha value is -2.69. The summed E-state index contributed by atoms with van der Waals surface area (Å²) in [4.78, 5) is 34.0. The van der Waals surface area contributed by atoms with Gasteiger partial charge in [0.15, 0.2) is 0 Å². The van der Waals surface area contributed by atoms with Gasteiger partial charge in [-0.15, -0.1) is 11.3 Å². The van der Waals surface area contributed by atoms with Crippen molar-refractivity contribution in [2.45, 2.75) is 45.2 Å². The van der Waals surface area contributed by atoms with Gasteiger partial charge in [0.2, 0.25) is 0 Å². The smallest absolute Gasteiger partial charge is 0.322 e. The van der Waals surface area contributed by atoms with Gasteiger partial charge >= 0.3 is 6.03 Å². The Morgan fingerprint density at radius 2 is 2.03 bits per heavy atom.